The molecular formula is C16H17ClN2O2. The maximum atomic E-state index is 12.4. The lowest BCUT2D eigenvalue weighted by Gasteiger charge is -2.36. The van der Waals surface area contributed by atoms with Gasteiger partial charge in [0.1, 0.15) is 0 Å². The van der Waals surface area contributed by atoms with Crippen molar-refractivity contribution in [2.24, 2.45) is 0 Å². The monoisotopic (exact) mass is 304 g/mol. The Kier molecular flexibility index (Phi) is 3.88. The lowest BCUT2D eigenvalue weighted by molar-refractivity contribution is 0.0746. The zero-order valence-electron chi connectivity index (χ0n) is 11.9. The molecule has 0 aliphatic carbocycles. The van der Waals surface area contributed by atoms with E-state index in [9.17, 15) is 4.79 Å². The second-order valence-electron chi connectivity index (χ2n) is 5.17. The summed E-state index contributed by atoms with van der Waals surface area (Å²) in [5.41, 5.74) is 2.95. The number of para-hydroxylation sites is 1. The van der Waals surface area contributed by atoms with Gasteiger partial charge in [0.2, 0.25) is 5.22 Å². The Hall–Kier alpha value is -1.94. The van der Waals surface area contributed by atoms with Crippen LogP contribution in [0, 0.1) is 6.92 Å². The molecule has 0 unspecified atom stereocenters. The highest BCUT2D eigenvalue weighted by Gasteiger charge is 2.25. The van der Waals surface area contributed by atoms with Gasteiger partial charge in [-0.2, -0.15) is 0 Å². The number of carbonyl (C=O) groups excluding carboxylic acids is 1. The molecule has 1 fully saturated rings. The Morgan fingerprint density at radius 2 is 1.86 bits per heavy atom. The molecule has 21 heavy (non-hydrogen) atoms. The van der Waals surface area contributed by atoms with Crippen molar-refractivity contribution in [3.05, 3.63) is 52.9 Å². The summed E-state index contributed by atoms with van der Waals surface area (Å²) in [6.07, 6.45) is 1.44. The van der Waals surface area contributed by atoms with E-state index in [0.29, 0.717) is 18.7 Å². The third-order valence-corrected chi connectivity index (χ3v) is 4.16. The molecule has 1 aliphatic heterocycles. The van der Waals surface area contributed by atoms with Crippen molar-refractivity contribution >= 4 is 23.2 Å². The number of hydrogen-bond acceptors (Lipinski definition) is 3. The van der Waals surface area contributed by atoms with Crippen LogP contribution in [-0.4, -0.2) is 37.0 Å². The SMILES string of the molecule is Cc1ccccc1N1CCN(C(=O)c2ccoc2Cl)CC1. The molecule has 0 radical (unpaired) electrons. The Morgan fingerprint density at radius 1 is 1.14 bits per heavy atom. The molecule has 0 bridgehead atoms. The maximum absolute atomic E-state index is 12.4. The van der Waals surface area contributed by atoms with Gasteiger partial charge in [-0.05, 0) is 36.2 Å². The largest absolute Gasteiger partial charge is 0.452 e. The average molecular weight is 305 g/mol. The normalized spacial score (nSPS) is 15.3. The molecule has 2 aromatic rings. The van der Waals surface area contributed by atoms with Crippen LogP contribution in [0.2, 0.25) is 5.22 Å². The van der Waals surface area contributed by atoms with Gasteiger partial charge in [0.15, 0.2) is 0 Å². The van der Waals surface area contributed by atoms with Crippen LogP contribution < -0.4 is 4.90 Å². The van der Waals surface area contributed by atoms with Crippen LogP contribution in [0.15, 0.2) is 41.0 Å². The predicted molar refractivity (Wildman–Crippen MR) is 83.0 cm³/mol. The fourth-order valence-electron chi connectivity index (χ4n) is 2.69. The van der Waals surface area contributed by atoms with Crippen molar-refractivity contribution in [2.45, 2.75) is 6.92 Å². The Labute approximate surface area is 128 Å². The number of carbonyl (C=O) groups is 1. The van der Waals surface area contributed by atoms with Crippen LogP contribution in [0.25, 0.3) is 0 Å². The van der Waals surface area contributed by atoms with Crippen LogP contribution in [0.5, 0.6) is 0 Å². The quantitative estimate of drug-likeness (QED) is 0.855. The maximum Gasteiger partial charge on any atom is 0.258 e. The van der Waals surface area contributed by atoms with Gasteiger partial charge in [-0.1, -0.05) is 18.2 Å². The number of aryl methyl sites for hydroxylation is 1. The Bertz CT molecular complexity index is 645. The van der Waals surface area contributed by atoms with Gasteiger partial charge in [-0.15, -0.1) is 0 Å². The third-order valence-electron chi connectivity index (χ3n) is 3.87. The Morgan fingerprint density at radius 3 is 2.48 bits per heavy atom. The highest BCUT2D eigenvalue weighted by molar-refractivity contribution is 6.32. The van der Waals surface area contributed by atoms with Crippen molar-refractivity contribution in [1.82, 2.24) is 4.90 Å². The summed E-state index contributed by atoms with van der Waals surface area (Å²) in [6.45, 7) is 5.14. The van der Waals surface area contributed by atoms with Gasteiger partial charge in [-0.25, -0.2) is 0 Å². The van der Waals surface area contributed by atoms with Gasteiger partial charge < -0.3 is 14.2 Å². The topological polar surface area (TPSA) is 36.7 Å². The second kappa shape index (κ2) is 5.82. The van der Waals surface area contributed by atoms with E-state index >= 15 is 0 Å². The molecule has 5 heteroatoms. The standard InChI is InChI=1S/C16H17ClN2O2/c1-12-4-2-3-5-14(12)18-7-9-19(10-8-18)16(20)13-6-11-21-15(13)17/h2-6,11H,7-10H2,1H3. The van der Waals surface area contributed by atoms with Gasteiger partial charge in [0.05, 0.1) is 11.8 Å². The fraction of sp³-hybridized carbons (Fsp3) is 0.312. The minimum absolute atomic E-state index is 0.0572. The molecule has 0 saturated carbocycles. The highest BCUT2D eigenvalue weighted by atomic mass is 35.5. The molecule has 0 N–H and O–H groups in total. The number of furan rings is 1. The molecule has 0 atom stereocenters. The molecule has 0 spiro atoms. The van der Waals surface area contributed by atoms with E-state index in [1.807, 2.05) is 17.0 Å². The summed E-state index contributed by atoms with van der Waals surface area (Å²) in [7, 11) is 0. The van der Waals surface area contributed by atoms with Crippen molar-refractivity contribution in [3.63, 3.8) is 0 Å². The van der Waals surface area contributed by atoms with Gasteiger partial charge in [0, 0.05) is 31.9 Å². The summed E-state index contributed by atoms with van der Waals surface area (Å²) in [4.78, 5) is 16.5. The zero-order chi connectivity index (χ0) is 14.8. The molecule has 1 aromatic carbocycles. The molecule has 1 amide bonds. The van der Waals surface area contributed by atoms with Gasteiger partial charge in [-0.3, -0.25) is 4.79 Å². The first kappa shape index (κ1) is 14.0. The molecular weight excluding hydrogens is 288 g/mol. The van der Waals surface area contributed by atoms with Crippen LogP contribution in [0.1, 0.15) is 15.9 Å². The number of nitrogens with zero attached hydrogens (tertiary/aromatic N) is 2. The van der Waals surface area contributed by atoms with E-state index < -0.39 is 0 Å². The average Bonchev–Trinajstić information content (AvgIpc) is 2.93. The number of piperazine rings is 1. The van der Waals surface area contributed by atoms with Crippen LogP contribution in [0.4, 0.5) is 5.69 Å². The lowest BCUT2D eigenvalue weighted by atomic mass is 10.1. The van der Waals surface area contributed by atoms with Crippen molar-refractivity contribution in [2.75, 3.05) is 31.1 Å². The fourth-order valence-corrected chi connectivity index (χ4v) is 2.88. The predicted octanol–water partition coefficient (Wildman–Crippen LogP) is 3.20. The lowest BCUT2D eigenvalue weighted by Crippen LogP contribution is -2.49. The number of hydrogen-bond donors (Lipinski definition) is 0. The van der Waals surface area contributed by atoms with Crippen molar-refractivity contribution < 1.29 is 9.21 Å². The van der Waals surface area contributed by atoms with E-state index in [0.717, 1.165) is 13.1 Å². The molecule has 4 nitrogen and oxygen atoms in total. The zero-order valence-corrected chi connectivity index (χ0v) is 12.6. The van der Waals surface area contributed by atoms with Crippen LogP contribution in [-0.2, 0) is 0 Å². The molecule has 110 valence electrons. The van der Waals surface area contributed by atoms with Crippen LogP contribution in [0.3, 0.4) is 0 Å². The van der Waals surface area contributed by atoms with E-state index in [1.54, 1.807) is 6.07 Å². The highest BCUT2D eigenvalue weighted by Crippen LogP contribution is 2.23. The number of amides is 1. The van der Waals surface area contributed by atoms with E-state index in [1.165, 1.54) is 17.5 Å². The smallest absolute Gasteiger partial charge is 0.258 e. The van der Waals surface area contributed by atoms with Crippen LogP contribution >= 0.6 is 11.6 Å². The number of benzene rings is 1. The minimum atomic E-state index is -0.0572. The molecule has 2 heterocycles. The second-order valence-corrected chi connectivity index (χ2v) is 5.52. The summed E-state index contributed by atoms with van der Waals surface area (Å²) in [6, 6.07) is 9.95. The molecule has 1 saturated heterocycles. The summed E-state index contributed by atoms with van der Waals surface area (Å²) in [5, 5.41) is 0.168. The first-order valence-corrected chi connectivity index (χ1v) is 7.37. The van der Waals surface area contributed by atoms with Crippen molar-refractivity contribution in [1.29, 1.82) is 0 Å². The summed E-state index contributed by atoms with van der Waals surface area (Å²) < 4.78 is 4.99. The van der Waals surface area contributed by atoms with Gasteiger partial charge in [0.25, 0.3) is 5.91 Å². The van der Waals surface area contributed by atoms with Crippen molar-refractivity contribution in [3.8, 4) is 0 Å². The first-order chi connectivity index (χ1) is 10.2. The molecule has 1 aromatic heterocycles. The number of halogens is 1. The molecule has 3 rings (SSSR count). The summed E-state index contributed by atoms with van der Waals surface area (Å²) in [5.74, 6) is -0.0572. The van der Waals surface area contributed by atoms with E-state index in [2.05, 4.69) is 24.0 Å². The van der Waals surface area contributed by atoms with Gasteiger partial charge >= 0.3 is 0 Å². The Balaban J connectivity index is 1.67. The van der Waals surface area contributed by atoms with E-state index in [4.69, 9.17) is 16.0 Å². The first-order valence-electron chi connectivity index (χ1n) is 6.99. The third kappa shape index (κ3) is 2.76. The number of rotatable bonds is 2. The van der Waals surface area contributed by atoms with E-state index in [-0.39, 0.29) is 11.1 Å². The summed E-state index contributed by atoms with van der Waals surface area (Å²) >= 11 is 5.87. The molecule has 1 aliphatic rings. The number of anilines is 1. The minimum Gasteiger partial charge on any atom is -0.452 e.